The van der Waals surface area contributed by atoms with E-state index in [0.29, 0.717) is 28.7 Å². The van der Waals surface area contributed by atoms with E-state index >= 15 is 0 Å². The molecule has 3 N–H and O–H groups in total. The number of amides is 1. The number of nitrogens with one attached hydrogen (secondary N) is 1. The predicted octanol–water partition coefficient (Wildman–Crippen LogP) is 3.87. The lowest BCUT2D eigenvalue weighted by atomic mass is 9.99. The molecule has 106 valence electrons. The van der Waals surface area contributed by atoms with Gasteiger partial charge in [-0.05, 0) is 30.5 Å². The fraction of sp³-hybridized carbons (Fsp3) is 0.533. The van der Waals surface area contributed by atoms with E-state index in [0.717, 1.165) is 12.8 Å². The molecule has 1 unspecified atom stereocenters. The molecule has 1 aromatic rings. The van der Waals surface area contributed by atoms with E-state index in [1.54, 1.807) is 18.2 Å². The first kappa shape index (κ1) is 15.8. The highest BCUT2D eigenvalue weighted by molar-refractivity contribution is 6.31. The molecule has 0 heterocycles. The molecule has 0 fully saturated rings. The average molecular weight is 283 g/mol. The number of hydrogen-bond acceptors (Lipinski definition) is 2. The lowest BCUT2D eigenvalue weighted by Crippen LogP contribution is -2.29. The molecule has 4 heteroatoms. The van der Waals surface area contributed by atoms with Gasteiger partial charge in [0.15, 0.2) is 0 Å². The molecule has 0 aromatic heterocycles. The zero-order valence-electron chi connectivity index (χ0n) is 11.7. The van der Waals surface area contributed by atoms with Crippen LogP contribution in [-0.4, -0.2) is 12.5 Å². The summed E-state index contributed by atoms with van der Waals surface area (Å²) in [6.07, 6.45) is 4.63. The second kappa shape index (κ2) is 8.05. The Labute approximate surface area is 120 Å². The average Bonchev–Trinajstić information content (AvgIpc) is 2.38. The molecule has 0 aliphatic carbocycles. The van der Waals surface area contributed by atoms with Crippen molar-refractivity contribution in [3.63, 3.8) is 0 Å². The van der Waals surface area contributed by atoms with Crippen molar-refractivity contribution in [3.8, 4) is 0 Å². The molecule has 19 heavy (non-hydrogen) atoms. The second-order valence-electron chi connectivity index (χ2n) is 4.86. The van der Waals surface area contributed by atoms with Gasteiger partial charge in [-0.3, -0.25) is 4.79 Å². The van der Waals surface area contributed by atoms with E-state index in [9.17, 15) is 4.79 Å². The molecule has 1 amide bonds. The normalized spacial score (nSPS) is 12.2. The lowest BCUT2D eigenvalue weighted by Gasteiger charge is -2.15. The molecule has 0 aliphatic heterocycles. The standard InChI is InChI=1S/C15H23ClN2O/c1-3-5-6-11(4-2)10-18-15(19)13-8-7-12(16)9-14(13)17/h7-9,11H,3-6,10,17H2,1-2H3,(H,18,19). The summed E-state index contributed by atoms with van der Waals surface area (Å²) in [5.74, 6) is 0.418. The first-order chi connectivity index (χ1) is 9.08. The SMILES string of the molecule is CCCCC(CC)CNC(=O)c1ccc(Cl)cc1N. The quantitative estimate of drug-likeness (QED) is 0.746. The Morgan fingerprint density at radius 3 is 2.74 bits per heavy atom. The highest BCUT2D eigenvalue weighted by atomic mass is 35.5. The second-order valence-corrected chi connectivity index (χ2v) is 5.29. The number of nitrogens with two attached hydrogens (primary N) is 1. The van der Waals surface area contributed by atoms with Crippen LogP contribution in [0.2, 0.25) is 5.02 Å². The summed E-state index contributed by atoms with van der Waals surface area (Å²) in [5, 5.41) is 3.50. The number of rotatable bonds is 7. The van der Waals surface area contributed by atoms with Crippen LogP contribution in [0.3, 0.4) is 0 Å². The minimum Gasteiger partial charge on any atom is -0.398 e. The van der Waals surface area contributed by atoms with Crippen molar-refractivity contribution < 1.29 is 4.79 Å². The van der Waals surface area contributed by atoms with Gasteiger partial charge in [0.25, 0.3) is 5.91 Å². The number of benzene rings is 1. The molecule has 0 radical (unpaired) electrons. The Morgan fingerprint density at radius 2 is 2.16 bits per heavy atom. The van der Waals surface area contributed by atoms with Crippen LogP contribution in [0.1, 0.15) is 49.9 Å². The summed E-state index contributed by atoms with van der Waals surface area (Å²) in [4.78, 5) is 12.0. The monoisotopic (exact) mass is 282 g/mol. The summed E-state index contributed by atoms with van der Waals surface area (Å²) in [6.45, 7) is 5.04. The number of nitrogen functional groups attached to an aromatic ring is 1. The van der Waals surface area contributed by atoms with Crippen LogP contribution in [0, 0.1) is 5.92 Å². The minimum absolute atomic E-state index is 0.121. The maximum Gasteiger partial charge on any atom is 0.253 e. The fourth-order valence-corrected chi connectivity index (χ4v) is 2.20. The van der Waals surface area contributed by atoms with Gasteiger partial charge in [0.1, 0.15) is 0 Å². The van der Waals surface area contributed by atoms with Crippen LogP contribution in [0.5, 0.6) is 0 Å². The van der Waals surface area contributed by atoms with Gasteiger partial charge in [-0.15, -0.1) is 0 Å². The molecule has 0 aliphatic rings. The number of carbonyl (C=O) groups is 1. The zero-order valence-corrected chi connectivity index (χ0v) is 12.5. The van der Waals surface area contributed by atoms with Gasteiger partial charge in [-0.2, -0.15) is 0 Å². The van der Waals surface area contributed by atoms with E-state index in [1.165, 1.54) is 12.8 Å². The molecule has 0 saturated carbocycles. The van der Waals surface area contributed by atoms with Gasteiger partial charge in [0.2, 0.25) is 0 Å². The van der Waals surface area contributed by atoms with Crippen molar-refractivity contribution >= 4 is 23.2 Å². The van der Waals surface area contributed by atoms with Crippen molar-refractivity contribution in [2.45, 2.75) is 39.5 Å². The van der Waals surface area contributed by atoms with Crippen LogP contribution in [-0.2, 0) is 0 Å². The molecule has 0 spiro atoms. The fourth-order valence-electron chi connectivity index (χ4n) is 2.02. The molecule has 0 saturated heterocycles. The van der Waals surface area contributed by atoms with Gasteiger partial charge in [-0.25, -0.2) is 0 Å². The first-order valence-corrected chi connectivity index (χ1v) is 7.29. The van der Waals surface area contributed by atoms with Gasteiger partial charge in [-0.1, -0.05) is 44.7 Å². The summed E-state index contributed by atoms with van der Waals surface area (Å²) >= 11 is 5.82. The van der Waals surface area contributed by atoms with Crippen molar-refractivity contribution in [2.75, 3.05) is 12.3 Å². The Balaban J connectivity index is 2.54. The van der Waals surface area contributed by atoms with Gasteiger partial charge >= 0.3 is 0 Å². The summed E-state index contributed by atoms with van der Waals surface area (Å²) in [7, 11) is 0. The van der Waals surface area contributed by atoms with Crippen LogP contribution >= 0.6 is 11.6 Å². The first-order valence-electron chi connectivity index (χ1n) is 6.91. The third kappa shape index (κ3) is 5.11. The summed E-state index contributed by atoms with van der Waals surface area (Å²) < 4.78 is 0. The number of halogens is 1. The number of unbranched alkanes of at least 4 members (excludes halogenated alkanes) is 1. The molecule has 1 rings (SSSR count). The molecule has 3 nitrogen and oxygen atoms in total. The van der Waals surface area contributed by atoms with Crippen molar-refractivity contribution in [1.82, 2.24) is 5.32 Å². The third-order valence-electron chi connectivity index (χ3n) is 3.35. The molecular formula is C15H23ClN2O. The third-order valence-corrected chi connectivity index (χ3v) is 3.59. The Bertz CT molecular complexity index is 421. The minimum atomic E-state index is -0.121. The van der Waals surface area contributed by atoms with E-state index in [1.807, 2.05) is 0 Å². The largest absolute Gasteiger partial charge is 0.398 e. The summed E-state index contributed by atoms with van der Waals surface area (Å²) in [6, 6.07) is 4.95. The predicted molar refractivity (Wildman–Crippen MR) is 81.5 cm³/mol. The topological polar surface area (TPSA) is 55.1 Å². The number of hydrogen-bond donors (Lipinski definition) is 2. The van der Waals surface area contributed by atoms with E-state index < -0.39 is 0 Å². The maximum absolute atomic E-state index is 12.0. The van der Waals surface area contributed by atoms with E-state index in [2.05, 4.69) is 19.2 Å². The van der Waals surface area contributed by atoms with Crippen molar-refractivity contribution in [3.05, 3.63) is 28.8 Å². The molecule has 0 bridgehead atoms. The Hall–Kier alpha value is -1.22. The Morgan fingerprint density at radius 1 is 1.42 bits per heavy atom. The van der Waals surface area contributed by atoms with E-state index in [-0.39, 0.29) is 5.91 Å². The molecule has 1 aromatic carbocycles. The highest BCUT2D eigenvalue weighted by Crippen LogP contribution is 2.18. The smallest absolute Gasteiger partial charge is 0.253 e. The zero-order chi connectivity index (χ0) is 14.3. The summed E-state index contributed by atoms with van der Waals surface area (Å²) in [5.41, 5.74) is 6.71. The Kier molecular flexibility index (Phi) is 6.71. The van der Waals surface area contributed by atoms with Crippen LogP contribution in [0.25, 0.3) is 0 Å². The number of carbonyl (C=O) groups excluding carboxylic acids is 1. The maximum atomic E-state index is 12.0. The molecule has 1 atom stereocenters. The van der Waals surface area contributed by atoms with Gasteiger partial charge in [0, 0.05) is 17.3 Å². The van der Waals surface area contributed by atoms with Crippen LogP contribution in [0.15, 0.2) is 18.2 Å². The van der Waals surface area contributed by atoms with Crippen molar-refractivity contribution in [1.29, 1.82) is 0 Å². The van der Waals surface area contributed by atoms with Gasteiger partial charge < -0.3 is 11.1 Å². The van der Waals surface area contributed by atoms with Gasteiger partial charge in [0.05, 0.1) is 5.56 Å². The highest BCUT2D eigenvalue weighted by Gasteiger charge is 2.12. The van der Waals surface area contributed by atoms with Crippen LogP contribution < -0.4 is 11.1 Å². The van der Waals surface area contributed by atoms with E-state index in [4.69, 9.17) is 17.3 Å². The number of anilines is 1. The molecular weight excluding hydrogens is 260 g/mol. The van der Waals surface area contributed by atoms with Crippen molar-refractivity contribution in [2.24, 2.45) is 5.92 Å². The lowest BCUT2D eigenvalue weighted by molar-refractivity contribution is 0.0946. The van der Waals surface area contributed by atoms with Crippen LogP contribution in [0.4, 0.5) is 5.69 Å².